The molecule has 0 atom stereocenters. The highest BCUT2D eigenvalue weighted by molar-refractivity contribution is 5.76. The third-order valence-electron chi connectivity index (χ3n) is 4.41. The van der Waals surface area contributed by atoms with Gasteiger partial charge in [-0.3, -0.25) is 4.79 Å². The van der Waals surface area contributed by atoms with Gasteiger partial charge in [0.15, 0.2) is 0 Å². The molecule has 1 aromatic heterocycles. The smallest absolute Gasteiger partial charge is 0.247 e. The Morgan fingerprint density at radius 1 is 1.04 bits per heavy atom. The van der Waals surface area contributed by atoms with Gasteiger partial charge in [-0.1, -0.05) is 42.0 Å². The molecule has 0 aliphatic rings. The maximum Gasteiger partial charge on any atom is 0.247 e. The van der Waals surface area contributed by atoms with Gasteiger partial charge >= 0.3 is 0 Å². The minimum absolute atomic E-state index is 0.0586. The van der Waals surface area contributed by atoms with E-state index in [0.717, 1.165) is 11.1 Å². The number of hydrogen-bond acceptors (Lipinski definition) is 4. The molecule has 0 spiro atoms. The molecule has 26 heavy (non-hydrogen) atoms. The van der Waals surface area contributed by atoms with Gasteiger partial charge in [0, 0.05) is 32.0 Å². The normalized spacial score (nSPS) is 10.7. The zero-order valence-corrected chi connectivity index (χ0v) is 15.4. The molecule has 0 aliphatic carbocycles. The predicted octanol–water partition coefficient (Wildman–Crippen LogP) is 3.94. The second kappa shape index (κ2) is 7.95. The second-order valence-corrected chi connectivity index (χ2v) is 6.54. The van der Waals surface area contributed by atoms with Crippen LogP contribution in [0, 0.1) is 13.8 Å². The Kier molecular flexibility index (Phi) is 5.46. The summed E-state index contributed by atoms with van der Waals surface area (Å²) in [6.07, 6.45) is 0.785. The molecule has 1 heterocycles. The first-order valence-electron chi connectivity index (χ1n) is 8.71. The number of rotatable bonds is 6. The highest BCUT2D eigenvalue weighted by Gasteiger charge is 2.14. The number of carbonyl (C=O) groups is 1. The van der Waals surface area contributed by atoms with Crippen molar-refractivity contribution in [1.29, 1.82) is 0 Å². The monoisotopic (exact) mass is 349 g/mol. The lowest BCUT2D eigenvalue weighted by Gasteiger charge is -2.18. The first kappa shape index (κ1) is 17.9. The van der Waals surface area contributed by atoms with Gasteiger partial charge in [-0.25, -0.2) is 0 Å². The van der Waals surface area contributed by atoms with Gasteiger partial charge in [0.2, 0.25) is 17.7 Å². The van der Waals surface area contributed by atoms with E-state index in [1.54, 1.807) is 4.90 Å². The van der Waals surface area contributed by atoms with Gasteiger partial charge in [0.1, 0.15) is 0 Å². The minimum atomic E-state index is 0.0586. The summed E-state index contributed by atoms with van der Waals surface area (Å²) in [5.74, 6) is 1.03. The van der Waals surface area contributed by atoms with Crippen LogP contribution in [-0.4, -0.2) is 28.1 Å². The Hall–Kier alpha value is -2.95. The largest absolute Gasteiger partial charge is 0.421 e. The summed E-state index contributed by atoms with van der Waals surface area (Å²) < 4.78 is 5.68. The van der Waals surface area contributed by atoms with Crippen molar-refractivity contribution in [2.24, 2.45) is 0 Å². The number of carbonyl (C=O) groups excluding carboxylic acids is 1. The molecule has 0 N–H and O–H groups in total. The van der Waals surface area contributed by atoms with Gasteiger partial charge in [-0.05, 0) is 37.1 Å². The van der Waals surface area contributed by atoms with Crippen LogP contribution < -0.4 is 0 Å². The highest BCUT2D eigenvalue weighted by atomic mass is 16.4. The van der Waals surface area contributed by atoms with E-state index < -0.39 is 0 Å². The fourth-order valence-electron chi connectivity index (χ4n) is 2.70. The molecular weight excluding hydrogens is 326 g/mol. The molecular formula is C21H23N3O2. The van der Waals surface area contributed by atoms with Crippen molar-refractivity contribution in [1.82, 2.24) is 15.1 Å². The van der Waals surface area contributed by atoms with E-state index in [0.29, 0.717) is 31.2 Å². The Balaban J connectivity index is 1.56. The van der Waals surface area contributed by atoms with Crippen LogP contribution >= 0.6 is 0 Å². The molecule has 0 radical (unpaired) electrons. The molecule has 5 nitrogen and oxygen atoms in total. The summed E-state index contributed by atoms with van der Waals surface area (Å²) in [5, 5.41) is 8.13. The van der Waals surface area contributed by atoms with E-state index in [-0.39, 0.29) is 5.91 Å². The average Bonchev–Trinajstić information content (AvgIpc) is 3.11. The van der Waals surface area contributed by atoms with Gasteiger partial charge < -0.3 is 9.32 Å². The van der Waals surface area contributed by atoms with E-state index in [1.807, 2.05) is 56.4 Å². The van der Waals surface area contributed by atoms with E-state index in [2.05, 4.69) is 23.2 Å². The molecule has 0 aliphatic heterocycles. The second-order valence-electron chi connectivity index (χ2n) is 6.54. The van der Waals surface area contributed by atoms with Crippen LogP contribution in [-0.2, 0) is 17.8 Å². The molecule has 3 rings (SSSR count). The van der Waals surface area contributed by atoms with Crippen molar-refractivity contribution >= 4 is 5.91 Å². The van der Waals surface area contributed by atoms with E-state index in [1.165, 1.54) is 11.1 Å². The molecule has 5 heteroatoms. The lowest BCUT2D eigenvalue weighted by atomic mass is 10.1. The highest BCUT2D eigenvalue weighted by Crippen LogP contribution is 2.19. The van der Waals surface area contributed by atoms with Crippen LogP contribution in [0.5, 0.6) is 0 Å². The SMILES string of the molecule is Cc1ccc(-c2nnc(CCC(=O)N(C)Cc3ccccc3C)o2)cc1. The topological polar surface area (TPSA) is 59.2 Å². The third-order valence-corrected chi connectivity index (χ3v) is 4.41. The quantitative estimate of drug-likeness (QED) is 0.676. The van der Waals surface area contributed by atoms with Crippen molar-refractivity contribution in [3.8, 4) is 11.5 Å². The van der Waals surface area contributed by atoms with Crippen LogP contribution in [0.25, 0.3) is 11.5 Å². The van der Waals surface area contributed by atoms with Crippen LogP contribution in [0.15, 0.2) is 52.9 Å². The number of aryl methyl sites for hydroxylation is 3. The molecule has 0 saturated heterocycles. The maximum absolute atomic E-state index is 12.4. The maximum atomic E-state index is 12.4. The van der Waals surface area contributed by atoms with Crippen molar-refractivity contribution in [3.63, 3.8) is 0 Å². The molecule has 0 saturated carbocycles. The number of amides is 1. The minimum Gasteiger partial charge on any atom is -0.421 e. The van der Waals surface area contributed by atoms with Gasteiger partial charge in [-0.2, -0.15) is 0 Å². The fraction of sp³-hybridized carbons (Fsp3) is 0.286. The summed E-state index contributed by atoms with van der Waals surface area (Å²) in [6, 6.07) is 16.0. The molecule has 134 valence electrons. The summed E-state index contributed by atoms with van der Waals surface area (Å²) in [4.78, 5) is 14.1. The predicted molar refractivity (Wildman–Crippen MR) is 100 cm³/mol. The standard InChI is InChI=1S/C21H23N3O2/c1-15-8-10-17(11-9-15)21-23-22-19(26-21)12-13-20(25)24(3)14-18-7-5-4-6-16(18)2/h4-11H,12-14H2,1-3H3. The summed E-state index contributed by atoms with van der Waals surface area (Å²) in [6.45, 7) is 4.69. The number of nitrogens with zero attached hydrogens (tertiary/aromatic N) is 3. The van der Waals surface area contributed by atoms with Crippen LogP contribution in [0.2, 0.25) is 0 Å². The third kappa shape index (κ3) is 4.36. The summed E-state index contributed by atoms with van der Waals surface area (Å²) in [5.41, 5.74) is 4.41. The number of benzene rings is 2. The van der Waals surface area contributed by atoms with Gasteiger partial charge in [0.25, 0.3) is 0 Å². The lowest BCUT2D eigenvalue weighted by molar-refractivity contribution is -0.130. The van der Waals surface area contributed by atoms with Gasteiger partial charge in [-0.15, -0.1) is 10.2 Å². The Labute approximate surface area is 153 Å². The van der Waals surface area contributed by atoms with Gasteiger partial charge in [0.05, 0.1) is 0 Å². The van der Waals surface area contributed by atoms with Crippen LogP contribution in [0.1, 0.15) is 29.0 Å². The van der Waals surface area contributed by atoms with Crippen molar-refractivity contribution in [3.05, 3.63) is 71.1 Å². The molecule has 0 unspecified atom stereocenters. The Morgan fingerprint density at radius 3 is 2.50 bits per heavy atom. The number of aromatic nitrogens is 2. The first-order valence-corrected chi connectivity index (χ1v) is 8.71. The summed E-state index contributed by atoms with van der Waals surface area (Å²) in [7, 11) is 1.82. The first-order chi connectivity index (χ1) is 12.5. The molecule has 3 aromatic rings. The van der Waals surface area contributed by atoms with E-state index in [9.17, 15) is 4.79 Å². The van der Waals surface area contributed by atoms with E-state index in [4.69, 9.17) is 4.42 Å². The van der Waals surface area contributed by atoms with Crippen molar-refractivity contribution in [2.75, 3.05) is 7.05 Å². The zero-order valence-electron chi connectivity index (χ0n) is 15.4. The van der Waals surface area contributed by atoms with E-state index >= 15 is 0 Å². The lowest BCUT2D eigenvalue weighted by Crippen LogP contribution is -2.26. The molecule has 0 fully saturated rings. The van der Waals surface area contributed by atoms with Crippen LogP contribution in [0.3, 0.4) is 0 Å². The number of hydrogen-bond donors (Lipinski definition) is 0. The van der Waals surface area contributed by atoms with Crippen molar-refractivity contribution < 1.29 is 9.21 Å². The Morgan fingerprint density at radius 2 is 1.77 bits per heavy atom. The Bertz CT molecular complexity index is 884. The molecule has 2 aromatic carbocycles. The zero-order chi connectivity index (χ0) is 18.5. The summed E-state index contributed by atoms with van der Waals surface area (Å²) >= 11 is 0. The van der Waals surface area contributed by atoms with Crippen molar-refractivity contribution in [2.45, 2.75) is 33.2 Å². The molecule has 1 amide bonds. The average molecular weight is 349 g/mol. The fourth-order valence-corrected chi connectivity index (χ4v) is 2.70. The van der Waals surface area contributed by atoms with Crippen LogP contribution in [0.4, 0.5) is 0 Å². The molecule has 0 bridgehead atoms.